The fourth-order valence-corrected chi connectivity index (χ4v) is 5.17. The predicted octanol–water partition coefficient (Wildman–Crippen LogP) is 4.16. The van der Waals surface area contributed by atoms with Crippen LogP contribution in [0.3, 0.4) is 0 Å². The maximum Gasteiger partial charge on any atom is 0.230 e. The number of hydrogen-bond donors (Lipinski definition) is 1. The third kappa shape index (κ3) is 3.82. The van der Waals surface area contributed by atoms with Gasteiger partial charge < -0.3 is 9.73 Å². The van der Waals surface area contributed by atoms with Gasteiger partial charge in [0.15, 0.2) is 0 Å². The summed E-state index contributed by atoms with van der Waals surface area (Å²) in [4.78, 5) is 16.6. The van der Waals surface area contributed by atoms with Gasteiger partial charge in [0.05, 0.1) is 22.7 Å². The van der Waals surface area contributed by atoms with Gasteiger partial charge in [0.25, 0.3) is 0 Å². The molecule has 4 aromatic rings. The number of amides is 1. The number of fused-ring (bicyclic) bond motifs is 1. The monoisotopic (exact) mass is 453 g/mol. The number of carbonyl (C=O) groups is 1. The maximum absolute atomic E-state index is 15.1. The molecule has 1 aliphatic carbocycles. The fraction of sp³-hybridized carbons (Fsp3) is 0.286. The standard InChI is InChI=1S/C21H16FN5O2S2/c1-11-8-30-9-13(11)12-2-3-14-20(19(12)22)31-18(24-14)7-17-27-26-16(29-17)6-15(28)25-21(10-23)4-5-21/h2-3,8-9H,4-7H2,1H3,(H,25,28). The van der Waals surface area contributed by atoms with Crippen molar-refractivity contribution in [3.05, 3.63) is 51.1 Å². The van der Waals surface area contributed by atoms with Gasteiger partial charge in [0.1, 0.15) is 22.8 Å². The lowest BCUT2D eigenvalue weighted by atomic mass is 10.0. The molecule has 31 heavy (non-hydrogen) atoms. The average Bonchev–Trinajstić information content (AvgIpc) is 3.07. The molecule has 0 unspecified atom stereocenters. The zero-order valence-corrected chi connectivity index (χ0v) is 18.1. The highest BCUT2D eigenvalue weighted by Gasteiger charge is 2.44. The number of halogens is 1. The molecule has 1 saturated carbocycles. The Bertz CT molecular complexity index is 1350. The van der Waals surface area contributed by atoms with Crippen LogP contribution in [0.4, 0.5) is 4.39 Å². The molecule has 1 aromatic carbocycles. The molecule has 1 fully saturated rings. The molecular formula is C21H16FN5O2S2. The van der Waals surface area contributed by atoms with Crippen LogP contribution < -0.4 is 5.32 Å². The fourth-order valence-electron chi connectivity index (χ4n) is 3.32. The van der Waals surface area contributed by atoms with Crippen molar-refractivity contribution < 1.29 is 13.6 Å². The predicted molar refractivity (Wildman–Crippen MR) is 114 cm³/mol. The Labute approximate surface area is 184 Å². The molecule has 10 heteroatoms. The zero-order valence-electron chi connectivity index (χ0n) is 16.4. The number of thiazole rings is 1. The highest BCUT2D eigenvalue weighted by molar-refractivity contribution is 7.18. The number of nitriles is 1. The molecule has 3 aromatic heterocycles. The van der Waals surface area contributed by atoms with E-state index in [0.29, 0.717) is 39.5 Å². The molecule has 156 valence electrons. The van der Waals surface area contributed by atoms with E-state index in [9.17, 15) is 4.79 Å². The lowest BCUT2D eigenvalue weighted by Gasteiger charge is -2.06. The Morgan fingerprint density at radius 1 is 1.29 bits per heavy atom. The summed E-state index contributed by atoms with van der Waals surface area (Å²) in [6.07, 6.45) is 1.48. The molecule has 0 atom stereocenters. The van der Waals surface area contributed by atoms with Crippen LogP contribution in [0.2, 0.25) is 0 Å². The smallest absolute Gasteiger partial charge is 0.230 e. The number of nitrogens with one attached hydrogen (secondary N) is 1. The van der Waals surface area contributed by atoms with E-state index >= 15 is 4.39 Å². The van der Waals surface area contributed by atoms with Crippen LogP contribution in [0.25, 0.3) is 21.3 Å². The SMILES string of the molecule is Cc1cscc1-c1ccc2nc(Cc3nnc(CC(=O)NC4(C#N)CC4)o3)sc2c1F. The van der Waals surface area contributed by atoms with Crippen molar-refractivity contribution in [3.8, 4) is 17.2 Å². The van der Waals surface area contributed by atoms with Crippen LogP contribution in [-0.4, -0.2) is 26.6 Å². The summed E-state index contributed by atoms with van der Waals surface area (Å²) in [5.41, 5.74) is 2.35. The second-order valence-corrected chi connectivity index (χ2v) is 9.36. The molecule has 1 amide bonds. The van der Waals surface area contributed by atoms with Crippen LogP contribution in [0.5, 0.6) is 0 Å². The molecule has 0 bridgehead atoms. The molecule has 7 nitrogen and oxygen atoms in total. The Morgan fingerprint density at radius 3 is 2.81 bits per heavy atom. The van der Waals surface area contributed by atoms with Crippen molar-refractivity contribution in [3.63, 3.8) is 0 Å². The topological polar surface area (TPSA) is 105 Å². The van der Waals surface area contributed by atoms with Gasteiger partial charge in [-0.25, -0.2) is 9.37 Å². The second kappa shape index (κ2) is 7.51. The Balaban J connectivity index is 1.32. The van der Waals surface area contributed by atoms with Gasteiger partial charge in [-0.1, -0.05) is 0 Å². The summed E-state index contributed by atoms with van der Waals surface area (Å²) in [6, 6.07) is 5.68. The first-order valence-electron chi connectivity index (χ1n) is 9.61. The van der Waals surface area contributed by atoms with Gasteiger partial charge >= 0.3 is 0 Å². The van der Waals surface area contributed by atoms with Crippen molar-refractivity contribution in [2.24, 2.45) is 0 Å². The van der Waals surface area contributed by atoms with Gasteiger partial charge in [0, 0.05) is 5.56 Å². The van der Waals surface area contributed by atoms with E-state index in [1.807, 2.05) is 23.8 Å². The van der Waals surface area contributed by atoms with Crippen LogP contribution in [0.15, 0.2) is 27.3 Å². The molecule has 0 saturated heterocycles. The highest BCUT2D eigenvalue weighted by Crippen LogP contribution is 2.36. The molecule has 0 aliphatic heterocycles. The third-order valence-electron chi connectivity index (χ3n) is 5.15. The van der Waals surface area contributed by atoms with Crippen LogP contribution >= 0.6 is 22.7 Å². The summed E-state index contributed by atoms with van der Waals surface area (Å²) >= 11 is 2.80. The number of thiophene rings is 1. The van der Waals surface area contributed by atoms with E-state index in [4.69, 9.17) is 9.68 Å². The average molecular weight is 454 g/mol. The van der Waals surface area contributed by atoms with E-state index in [1.165, 1.54) is 11.3 Å². The van der Waals surface area contributed by atoms with E-state index in [1.54, 1.807) is 17.4 Å². The number of aryl methyl sites for hydroxylation is 1. The third-order valence-corrected chi connectivity index (χ3v) is 7.08. The summed E-state index contributed by atoms with van der Waals surface area (Å²) in [6.45, 7) is 1.96. The van der Waals surface area contributed by atoms with E-state index in [0.717, 1.165) is 11.1 Å². The number of hydrogen-bond acceptors (Lipinski definition) is 8. The van der Waals surface area contributed by atoms with Crippen LogP contribution in [0, 0.1) is 24.1 Å². The minimum Gasteiger partial charge on any atom is -0.424 e. The van der Waals surface area contributed by atoms with E-state index in [-0.39, 0.29) is 30.5 Å². The highest BCUT2D eigenvalue weighted by atomic mass is 32.1. The minimum absolute atomic E-state index is 0.0890. The molecule has 5 rings (SSSR count). The lowest BCUT2D eigenvalue weighted by molar-refractivity contribution is -0.121. The first-order chi connectivity index (χ1) is 15.0. The Morgan fingerprint density at radius 2 is 2.10 bits per heavy atom. The van der Waals surface area contributed by atoms with Gasteiger partial charge in [-0.2, -0.15) is 16.6 Å². The Hall–Kier alpha value is -3.16. The van der Waals surface area contributed by atoms with Crippen molar-refractivity contribution >= 4 is 38.8 Å². The number of nitrogens with zero attached hydrogens (tertiary/aromatic N) is 4. The minimum atomic E-state index is -0.731. The molecule has 0 radical (unpaired) electrons. The van der Waals surface area contributed by atoms with Crippen molar-refractivity contribution in [1.82, 2.24) is 20.5 Å². The van der Waals surface area contributed by atoms with E-state index < -0.39 is 5.54 Å². The number of carbonyl (C=O) groups excluding carboxylic acids is 1. The normalized spacial score (nSPS) is 14.5. The number of benzene rings is 1. The first-order valence-corrected chi connectivity index (χ1v) is 11.4. The van der Waals surface area contributed by atoms with Gasteiger partial charge in [-0.15, -0.1) is 21.5 Å². The zero-order chi connectivity index (χ0) is 21.6. The summed E-state index contributed by atoms with van der Waals surface area (Å²) < 4.78 is 21.2. The largest absolute Gasteiger partial charge is 0.424 e. The van der Waals surface area contributed by atoms with Crippen molar-refractivity contribution in [1.29, 1.82) is 5.26 Å². The van der Waals surface area contributed by atoms with Crippen molar-refractivity contribution in [2.45, 2.75) is 38.1 Å². The van der Waals surface area contributed by atoms with Crippen LogP contribution in [0.1, 0.15) is 35.2 Å². The first kappa shape index (κ1) is 19.8. The molecule has 1 aliphatic rings. The molecule has 3 heterocycles. The molecular weight excluding hydrogens is 437 g/mol. The summed E-state index contributed by atoms with van der Waals surface area (Å²) in [5, 5.41) is 24.2. The quantitative estimate of drug-likeness (QED) is 0.470. The summed E-state index contributed by atoms with van der Waals surface area (Å²) in [7, 11) is 0. The molecule has 1 N–H and O–H groups in total. The van der Waals surface area contributed by atoms with Gasteiger partial charge in [-0.05, 0) is 53.8 Å². The van der Waals surface area contributed by atoms with E-state index in [2.05, 4.69) is 26.6 Å². The number of aromatic nitrogens is 3. The lowest BCUT2D eigenvalue weighted by Crippen LogP contribution is -2.36. The summed E-state index contributed by atoms with van der Waals surface area (Å²) in [5.74, 6) is -0.133. The maximum atomic E-state index is 15.1. The van der Waals surface area contributed by atoms with Gasteiger partial charge in [-0.3, -0.25) is 4.79 Å². The van der Waals surface area contributed by atoms with Gasteiger partial charge in [0.2, 0.25) is 17.7 Å². The van der Waals surface area contributed by atoms with Crippen LogP contribution in [-0.2, 0) is 17.6 Å². The second-order valence-electron chi connectivity index (χ2n) is 7.54. The Kier molecular flexibility index (Phi) is 4.79. The van der Waals surface area contributed by atoms with Crippen molar-refractivity contribution in [2.75, 3.05) is 0 Å². The number of rotatable bonds is 6. The molecule has 0 spiro atoms.